The molecule has 8 rings (SSSR count). The summed E-state index contributed by atoms with van der Waals surface area (Å²) in [6, 6.07) is 50.4. The third-order valence-corrected chi connectivity index (χ3v) is 13.6. The highest BCUT2D eigenvalue weighted by Crippen LogP contribution is 2.48. The Morgan fingerprint density at radius 1 is 0.364 bits per heavy atom. The first-order chi connectivity index (χ1) is 30.8. The molecule has 0 aliphatic rings. The van der Waals surface area contributed by atoms with Gasteiger partial charge in [0.15, 0.2) is 0 Å². The lowest BCUT2D eigenvalue weighted by Gasteiger charge is -2.35. The summed E-state index contributed by atoms with van der Waals surface area (Å²) in [5.41, 5.74) is 20.0. The summed E-state index contributed by atoms with van der Waals surface area (Å²) in [7, 11) is 0. The van der Waals surface area contributed by atoms with Crippen molar-refractivity contribution in [1.82, 2.24) is 4.57 Å². The molecule has 0 aliphatic heterocycles. The standard InChI is InChI=1S/C62H70ClN3/c1-39-29-45(61(11,12)13)30-40(2)57(39)65(50-26-27-53-54-36-44(60(8,9)10)25-28-55(54)66(56(53)38-50)48-22-18-17-19-23-48)52-35-46(62(14,15)16)34-51(37-52)64(58-41(3)31-47(63)32-42(58)4)49-24-20-21-43(33-49)59(5,6)7/h17-38H,1-16H3. The van der Waals surface area contributed by atoms with Crippen LogP contribution in [-0.4, -0.2) is 4.57 Å². The molecule has 0 saturated carbocycles. The van der Waals surface area contributed by atoms with Crippen molar-refractivity contribution in [2.75, 3.05) is 9.80 Å². The number of benzene rings is 7. The lowest BCUT2D eigenvalue weighted by molar-refractivity contribution is 0.589. The molecule has 0 aliphatic carbocycles. The second-order valence-electron chi connectivity index (χ2n) is 22.9. The normalized spacial score (nSPS) is 12.6. The van der Waals surface area contributed by atoms with Gasteiger partial charge in [-0.25, -0.2) is 0 Å². The molecular formula is C62H70ClN3. The van der Waals surface area contributed by atoms with E-state index in [0.29, 0.717) is 0 Å². The number of halogens is 1. The lowest BCUT2D eigenvalue weighted by Crippen LogP contribution is -2.20. The molecule has 0 spiro atoms. The van der Waals surface area contributed by atoms with Gasteiger partial charge < -0.3 is 14.4 Å². The Hall–Kier alpha value is -5.77. The average Bonchev–Trinajstić information content (AvgIpc) is 3.55. The molecule has 340 valence electrons. The summed E-state index contributed by atoms with van der Waals surface area (Å²) in [5.74, 6) is 0. The first-order valence-corrected chi connectivity index (χ1v) is 24.1. The molecule has 4 heteroatoms. The largest absolute Gasteiger partial charge is 0.310 e. The van der Waals surface area contributed by atoms with Gasteiger partial charge in [-0.2, -0.15) is 0 Å². The van der Waals surface area contributed by atoms with Crippen LogP contribution in [0, 0.1) is 27.7 Å². The zero-order valence-corrected chi connectivity index (χ0v) is 43.2. The summed E-state index contributed by atoms with van der Waals surface area (Å²) >= 11 is 6.78. The maximum atomic E-state index is 6.78. The minimum absolute atomic E-state index is 0.00394. The van der Waals surface area contributed by atoms with Crippen molar-refractivity contribution < 1.29 is 0 Å². The molecule has 66 heavy (non-hydrogen) atoms. The molecule has 0 unspecified atom stereocenters. The number of anilines is 6. The van der Waals surface area contributed by atoms with Crippen LogP contribution in [0.5, 0.6) is 0 Å². The Kier molecular flexibility index (Phi) is 11.9. The van der Waals surface area contributed by atoms with Gasteiger partial charge in [0.25, 0.3) is 0 Å². The Labute approximate surface area is 401 Å². The summed E-state index contributed by atoms with van der Waals surface area (Å²) in [5, 5.41) is 3.25. The minimum atomic E-state index is -0.173. The van der Waals surface area contributed by atoms with Crippen LogP contribution in [0.15, 0.2) is 133 Å². The van der Waals surface area contributed by atoms with Crippen LogP contribution in [0.3, 0.4) is 0 Å². The molecule has 7 aromatic carbocycles. The third kappa shape index (κ3) is 8.92. The fourth-order valence-electron chi connectivity index (χ4n) is 9.68. The highest BCUT2D eigenvalue weighted by atomic mass is 35.5. The number of aryl methyl sites for hydroxylation is 4. The van der Waals surface area contributed by atoms with Crippen LogP contribution in [-0.2, 0) is 21.7 Å². The second kappa shape index (κ2) is 16.8. The predicted octanol–water partition coefficient (Wildman–Crippen LogP) is 18.8. The van der Waals surface area contributed by atoms with Gasteiger partial charge in [-0.05, 0) is 173 Å². The molecule has 0 saturated heterocycles. The van der Waals surface area contributed by atoms with Crippen molar-refractivity contribution >= 4 is 67.5 Å². The predicted molar refractivity (Wildman–Crippen MR) is 289 cm³/mol. The van der Waals surface area contributed by atoms with Crippen molar-refractivity contribution in [3.05, 3.63) is 183 Å². The van der Waals surface area contributed by atoms with Crippen molar-refractivity contribution in [3.8, 4) is 5.69 Å². The zero-order valence-electron chi connectivity index (χ0n) is 42.4. The monoisotopic (exact) mass is 892 g/mol. The summed E-state index contributed by atoms with van der Waals surface area (Å²) < 4.78 is 2.45. The van der Waals surface area contributed by atoms with Crippen molar-refractivity contribution in [1.29, 1.82) is 0 Å². The van der Waals surface area contributed by atoms with Crippen LogP contribution in [0.2, 0.25) is 5.02 Å². The average molecular weight is 893 g/mol. The molecule has 1 aromatic heterocycles. The number of hydrogen-bond donors (Lipinski definition) is 0. The Morgan fingerprint density at radius 3 is 1.36 bits per heavy atom. The Morgan fingerprint density at radius 2 is 0.833 bits per heavy atom. The lowest BCUT2D eigenvalue weighted by atomic mass is 9.84. The van der Waals surface area contributed by atoms with E-state index in [1.165, 1.54) is 60.9 Å². The smallest absolute Gasteiger partial charge is 0.0561 e. The Bertz CT molecular complexity index is 3070. The van der Waals surface area contributed by atoms with E-state index in [0.717, 1.165) is 50.3 Å². The number of aromatic nitrogens is 1. The fraction of sp³-hybridized carbons (Fsp3) is 0.323. The molecule has 3 nitrogen and oxygen atoms in total. The molecule has 0 atom stereocenters. The van der Waals surface area contributed by atoms with E-state index in [1.807, 2.05) is 0 Å². The molecule has 0 N–H and O–H groups in total. The van der Waals surface area contributed by atoms with E-state index < -0.39 is 0 Å². The first kappa shape index (κ1) is 46.7. The second-order valence-corrected chi connectivity index (χ2v) is 23.3. The van der Waals surface area contributed by atoms with Gasteiger partial charge in [-0.1, -0.05) is 149 Å². The highest BCUT2D eigenvalue weighted by molar-refractivity contribution is 6.30. The van der Waals surface area contributed by atoms with E-state index in [4.69, 9.17) is 11.6 Å². The van der Waals surface area contributed by atoms with Gasteiger partial charge in [0.05, 0.1) is 22.4 Å². The van der Waals surface area contributed by atoms with Gasteiger partial charge in [-0.15, -0.1) is 0 Å². The topological polar surface area (TPSA) is 11.4 Å². The zero-order chi connectivity index (χ0) is 47.8. The third-order valence-electron chi connectivity index (χ3n) is 13.4. The molecule has 0 amide bonds. The fourth-order valence-corrected chi connectivity index (χ4v) is 10.0. The van der Waals surface area contributed by atoms with Crippen LogP contribution < -0.4 is 9.80 Å². The van der Waals surface area contributed by atoms with Crippen molar-refractivity contribution in [3.63, 3.8) is 0 Å². The van der Waals surface area contributed by atoms with Crippen LogP contribution in [0.1, 0.15) is 128 Å². The number of fused-ring (bicyclic) bond motifs is 3. The summed E-state index contributed by atoms with van der Waals surface area (Å²) in [6.45, 7) is 36.6. The van der Waals surface area contributed by atoms with Crippen LogP contribution in [0.4, 0.5) is 34.1 Å². The number of nitrogens with zero attached hydrogens (tertiary/aromatic N) is 3. The maximum Gasteiger partial charge on any atom is 0.0561 e. The van der Waals surface area contributed by atoms with Gasteiger partial charge in [-0.3, -0.25) is 0 Å². The quantitative estimate of drug-likeness (QED) is 0.158. The van der Waals surface area contributed by atoms with Gasteiger partial charge in [0, 0.05) is 44.2 Å². The van der Waals surface area contributed by atoms with Gasteiger partial charge in [0.1, 0.15) is 0 Å². The minimum Gasteiger partial charge on any atom is -0.310 e. The van der Waals surface area contributed by atoms with E-state index in [-0.39, 0.29) is 21.7 Å². The van der Waals surface area contributed by atoms with E-state index in [9.17, 15) is 0 Å². The maximum absolute atomic E-state index is 6.78. The number of para-hydroxylation sites is 1. The SMILES string of the molecule is Cc1cc(Cl)cc(C)c1N(c1cccc(C(C)(C)C)c1)c1cc(N(c2ccc3c4cc(C(C)(C)C)ccc4n(-c4ccccc4)c3c2)c2c(C)cc(C(C)(C)C)cc2C)cc(C(C)(C)C)c1. The molecule has 1 heterocycles. The molecule has 0 radical (unpaired) electrons. The molecule has 0 bridgehead atoms. The van der Waals surface area contributed by atoms with Crippen molar-refractivity contribution in [2.24, 2.45) is 0 Å². The van der Waals surface area contributed by atoms with Crippen LogP contribution in [0.25, 0.3) is 27.5 Å². The summed E-state index contributed by atoms with van der Waals surface area (Å²) in [4.78, 5) is 5.01. The molecule has 8 aromatic rings. The molecule has 0 fully saturated rings. The van der Waals surface area contributed by atoms with Crippen molar-refractivity contribution in [2.45, 2.75) is 132 Å². The summed E-state index contributed by atoms with van der Waals surface area (Å²) in [6.07, 6.45) is 0. The van der Waals surface area contributed by atoms with Gasteiger partial charge >= 0.3 is 0 Å². The van der Waals surface area contributed by atoms with E-state index >= 15 is 0 Å². The first-order valence-electron chi connectivity index (χ1n) is 23.7. The molecular weight excluding hydrogens is 822 g/mol. The number of hydrogen-bond acceptors (Lipinski definition) is 2. The highest BCUT2D eigenvalue weighted by Gasteiger charge is 2.28. The van der Waals surface area contributed by atoms with Crippen LogP contribution >= 0.6 is 11.6 Å². The van der Waals surface area contributed by atoms with Gasteiger partial charge in [0.2, 0.25) is 0 Å². The van der Waals surface area contributed by atoms with E-state index in [2.05, 4.69) is 259 Å². The Balaban J connectivity index is 1.49. The number of rotatable bonds is 7. The van der Waals surface area contributed by atoms with E-state index in [1.54, 1.807) is 0 Å².